The predicted molar refractivity (Wildman–Crippen MR) is 69.6 cm³/mol. The Labute approximate surface area is 99.4 Å². The lowest BCUT2D eigenvalue weighted by Crippen LogP contribution is -1.85. The van der Waals surface area contributed by atoms with Crippen molar-refractivity contribution in [2.24, 2.45) is 0 Å². The zero-order valence-electron chi connectivity index (χ0n) is 9.45. The lowest BCUT2D eigenvalue weighted by atomic mass is 10.1. The summed E-state index contributed by atoms with van der Waals surface area (Å²) >= 11 is 1.83. The Balaban J connectivity index is 2.48. The van der Waals surface area contributed by atoms with Gasteiger partial charge in [-0.05, 0) is 24.8 Å². The number of rotatable bonds is 3. The zero-order chi connectivity index (χ0) is 11.5. The molecule has 0 aliphatic carbocycles. The van der Waals surface area contributed by atoms with Crippen molar-refractivity contribution in [3.8, 4) is 11.3 Å². The van der Waals surface area contributed by atoms with Crippen molar-refractivity contribution >= 4 is 17.6 Å². The lowest BCUT2D eigenvalue weighted by molar-refractivity contribution is 1.10. The van der Waals surface area contributed by atoms with Gasteiger partial charge in [-0.1, -0.05) is 18.6 Å². The average Bonchev–Trinajstić information content (AvgIpc) is 2.68. The van der Waals surface area contributed by atoms with Crippen LogP contribution >= 0.6 is 11.8 Å². The number of aromatic amines is 1. The van der Waals surface area contributed by atoms with Crippen molar-refractivity contribution in [1.82, 2.24) is 10.2 Å². The highest BCUT2D eigenvalue weighted by atomic mass is 32.2. The maximum atomic E-state index is 5.63. The number of anilines is 1. The first-order valence-electron chi connectivity index (χ1n) is 5.25. The molecule has 0 spiro atoms. The molecule has 2 aromatic rings. The second-order valence-corrected chi connectivity index (χ2v) is 4.94. The smallest absolute Gasteiger partial charge is 0.145 e. The number of nitrogen functional groups attached to an aromatic ring is 1. The minimum Gasteiger partial charge on any atom is -0.382 e. The lowest BCUT2D eigenvalue weighted by Gasteiger charge is -2.07. The number of thioether (sulfide) groups is 1. The van der Waals surface area contributed by atoms with Gasteiger partial charge >= 0.3 is 0 Å². The molecule has 0 fully saturated rings. The van der Waals surface area contributed by atoms with Crippen LogP contribution in [0.25, 0.3) is 11.3 Å². The summed E-state index contributed by atoms with van der Waals surface area (Å²) in [6.45, 7) is 4.24. The number of nitrogens with zero attached hydrogens (tertiary/aromatic N) is 1. The van der Waals surface area contributed by atoms with Crippen molar-refractivity contribution in [1.29, 1.82) is 0 Å². The molecule has 0 amide bonds. The maximum Gasteiger partial charge on any atom is 0.145 e. The zero-order valence-corrected chi connectivity index (χ0v) is 10.3. The average molecular weight is 233 g/mol. The van der Waals surface area contributed by atoms with Crippen LogP contribution in [-0.4, -0.2) is 16.0 Å². The van der Waals surface area contributed by atoms with Gasteiger partial charge in [-0.25, -0.2) is 0 Å². The summed E-state index contributed by atoms with van der Waals surface area (Å²) in [6.07, 6.45) is 0. The van der Waals surface area contributed by atoms with Crippen LogP contribution in [-0.2, 0) is 0 Å². The third kappa shape index (κ3) is 2.22. The van der Waals surface area contributed by atoms with Crippen LogP contribution in [0, 0.1) is 6.92 Å². The molecule has 84 valence electrons. The second kappa shape index (κ2) is 4.61. The maximum absolute atomic E-state index is 5.63. The van der Waals surface area contributed by atoms with E-state index in [9.17, 15) is 0 Å². The summed E-state index contributed by atoms with van der Waals surface area (Å²) in [7, 11) is 0. The molecule has 0 atom stereocenters. The van der Waals surface area contributed by atoms with E-state index >= 15 is 0 Å². The molecule has 1 heterocycles. The SMILES string of the molecule is CCSc1ccc(C)cc1-c1cc(N)n[nH]1. The number of benzene rings is 1. The van der Waals surface area contributed by atoms with E-state index in [2.05, 4.69) is 42.2 Å². The number of H-pyrrole nitrogens is 1. The van der Waals surface area contributed by atoms with Gasteiger partial charge in [-0.15, -0.1) is 11.8 Å². The van der Waals surface area contributed by atoms with Crippen molar-refractivity contribution in [2.45, 2.75) is 18.7 Å². The summed E-state index contributed by atoms with van der Waals surface area (Å²) in [5, 5.41) is 6.93. The number of aryl methyl sites for hydroxylation is 1. The summed E-state index contributed by atoms with van der Waals surface area (Å²) in [5.74, 6) is 1.59. The highest BCUT2D eigenvalue weighted by Gasteiger charge is 2.07. The first-order valence-corrected chi connectivity index (χ1v) is 6.24. The first kappa shape index (κ1) is 11.1. The Morgan fingerprint density at radius 1 is 1.38 bits per heavy atom. The van der Waals surface area contributed by atoms with Crippen LogP contribution in [0.4, 0.5) is 5.82 Å². The van der Waals surface area contributed by atoms with Gasteiger partial charge in [0, 0.05) is 16.5 Å². The molecule has 1 aromatic carbocycles. The number of aromatic nitrogens is 2. The van der Waals surface area contributed by atoms with Gasteiger partial charge in [-0.3, -0.25) is 5.10 Å². The van der Waals surface area contributed by atoms with Gasteiger partial charge in [0.1, 0.15) is 5.82 Å². The van der Waals surface area contributed by atoms with E-state index in [-0.39, 0.29) is 0 Å². The van der Waals surface area contributed by atoms with Crippen molar-refractivity contribution in [2.75, 3.05) is 11.5 Å². The van der Waals surface area contributed by atoms with Gasteiger partial charge in [0.25, 0.3) is 0 Å². The fourth-order valence-electron chi connectivity index (χ4n) is 1.61. The molecule has 0 saturated heterocycles. The van der Waals surface area contributed by atoms with E-state index in [1.807, 2.05) is 17.8 Å². The first-order chi connectivity index (χ1) is 7.70. The Kier molecular flexibility index (Phi) is 3.19. The van der Waals surface area contributed by atoms with Crippen molar-refractivity contribution in [3.05, 3.63) is 29.8 Å². The third-order valence-corrected chi connectivity index (χ3v) is 3.28. The Hall–Kier alpha value is -1.42. The highest BCUT2D eigenvalue weighted by Crippen LogP contribution is 2.31. The normalized spacial score (nSPS) is 10.6. The second-order valence-electron chi connectivity index (χ2n) is 3.64. The standard InChI is InChI=1S/C12H15N3S/c1-3-16-11-5-4-8(2)6-9(11)10-7-12(13)15-14-10/h4-7H,3H2,1-2H3,(H3,13,14,15). The van der Waals surface area contributed by atoms with Gasteiger partial charge in [0.05, 0.1) is 5.69 Å². The van der Waals surface area contributed by atoms with Gasteiger partial charge in [-0.2, -0.15) is 5.10 Å². The monoisotopic (exact) mass is 233 g/mol. The highest BCUT2D eigenvalue weighted by molar-refractivity contribution is 7.99. The van der Waals surface area contributed by atoms with Crippen molar-refractivity contribution < 1.29 is 0 Å². The molecule has 0 aliphatic rings. The van der Waals surface area contributed by atoms with Crippen LogP contribution in [0.15, 0.2) is 29.2 Å². The summed E-state index contributed by atoms with van der Waals surface area (Å²) in [6, 6.07) is 8.30. The summed E-state index contributed by atoms with van der Waals surface area (Å²) in [4.78, 5) is 1.26. The molecule has 4 heteroatoms. The minimum absolute atomic E-state index is 0.531. The molecule has 3 N–H and O–H groups in total. The summed E-state index contributed by atoms with van der Waals surface area (Å²) < 4.78 is 0. The van der Waals surface area contributed by atoms with Gasteiger partial charge in [0.15, 0.2) is 0 Å². The quantitative estimate of drug-likeness (QED) is 0.801. The largest absolute Gasteiger partial charge is 0.382 e. The van der Waals surface area contributed by atoms with Crippen LogP contribution in [0.3, 0.4) is 0 Å². The summed E-state index contributed by atoms with van der Waals surface area (Å²) in [5.41, 5.74) is 9.03. The third-order valence-electron chi connectivity index (χ3n) is 2.32. The molecule has 1 aromatic heterocycles. The van der Waals surface area contributed by atoms with Crippen LogP contribution in [0.2, 0.25) is 0 Å². The molecule has 0 bridgehead atoms. The fraction of sp³-hybridized carbons (Fsp3) is 0.250. The van der Waals surface area contributed by atoms with E-state index in [1.165, 1.54) is 16.0 Å². The van der Waals surface area contributed by atoms with E-state index < -0.39 is 0 Å². The Morgan fingerprint density at radius 3 is 2.81 bits per heavy atom. The number of nitrogens with one attached hydrogen (secondary N) is 1. The molecule has 0 radical (unpaired) electrons. The molecule has 2 rings (SSSR count). The molecule has 0 unspecified atom stereocenters. The Bertz CT molecular complexity index is 491. The molecule has 0 saturated carbocycles. The van der Waals surface area contributed by atoms with E-state index in [4.69, 9.17) is 5.73 Å². The number of hydrogen-bond acceptors (Lipinski definition) is 3. The predicted octanol–water partition coefficient (Wildman–Crippen LogP) is 3.08. The van der Waals surface area contributed by atoms with Gasteiger partial charge < -0.3 is 5.73 Å². The number of hydrogen-bond donors (Lipinski definition) is 2. The van der Waals surface area contributed by atoms with E-state index in [0.717, 1.165) is 11.4 Å². The molecule has 3 nitrogen and oxygen atoms in total. The van der Waals surface area contributed by atoms with Gasteiger partial charge in [0.2, 0.25) is 0 Å². The Morgan fingerprint density at radius 2 is 2.19 bits per heavy atom. The minimum atomic E-state index is 0.531. The van der Waals surface area contributed by atoms with Crippen molar-refractivity contribution in [3.63, 3.8) is 0 Å². The van der Waals surface area contributed by atoms with E-state index in [0.29, 0.717) is 5.82 Å². The number of nitrogens with two attached hydrogens (primary N) is 1. The topological polar surface area (TPSA) is 54.7 Å². The molecule has 16 heavy (non-hydrogen) atoms. The molecular weight excluding hydrogens is 218 g/mol. The van der Waals surface area contributed by atoms with Crippen LogP contribution in [0.5, 0.6) is 0 Å². The van der Waals surface area contributed by atoms with Crippen LogP contribution in [0.1, 0.15) is 12.5 Å². The van der Waals surface area contributed by atoms with Crippen LogP contribution < -0.4 is 5.73 Å². The van der Waals surface area contributed by atoms with E-state index in [1.54, 1.807) is 0 Å². The molecular formula is C12H15N3S. The fourth-order valence-corrected chi connectivity index (χ4v) is 2.41. The molecule has 0 aliphatic heterocycles.